The fourth-order valence-corrected chi connectivity index (χ4v) is 3.10. The van der Waals surface area contributed by atoms with Gasteiger partial charge in [-0.15, -0.1) is 0 Å². The standard InChI is InChI=1S/C15H27N3O3/c1-15(14(20)16-2)12-18(10-11-21-15)13(19)6-5-9-17-7-3-4-8-17/h3-12H2,1-2H3,(H,16,20)/t15-/m0/s1. The van der Waals surface area contributed by atoms with Crippen molar-refractivity contribution in [3.05, 3.63) is 0 Å². The third-order valence-corrected chi connectivity index (χ3v) is 4.40. The lowest BCUT2D eigenvalue weighted by molar-refractivity contribution is -0.162. The van der Waals surface area contributed by atoms with Gasteiger partial charge in [-0.25, -0.2) is 0 Å². The first-order valence-electron chi connectivity index (χ1n) is 7.91. The van der Waals surface area contributed by atoms with Gasteiger partial charge in [0.05, 0.1) is 13.2 Å². The molecule has 0 aromatic rings. The Morgan fingerprint density at radius 2 is 1.95 bits per heavy atom. The van der Waals surface area contributed by atoms with Crippen molar-refractivity contribution in [1.29, 1.82) is 0 Å². The van der Waals surface area contributed by atoms with Gasteiger partial charge >= 0.3 is 0 Å². The van der Waals surface area contributed by atoms with E-state index in [0.29, 0.717) is 26.1 Å². The van der Waals surface area contributed by atoms with E-state index in [2.05, 4.69) is 10.2 Å². The number of hydrogen-bond donors (Lipinski definition) is 1. The molecular formula is C15H27N3O3. The van der Waals surface area contributed by atoms with Gasteiger partial charge < -0.3 is 19.9 Å². The summed E-state index contributed by atoms with van der Waals surface area (Å²) in [5, 5.41) is 2.61. The number of hydrogen-bond acceptors (Lipinski definition) is 4. The topological polar surface area (TPSA) is 61.9 Å². The SMILES string of the molecule is CNC(=O)[C@]1(C)CN(C(=O)CCCN2CCCC2)CCO1. The Morgan fingerprint density at radius 1 is 1.24 bits per heavy atom. The van der Waals surface area contributed by atoms with Gasteiger partial charge in [0, 0.05) is 20.0 Å². The third-order valence-electron chi connectivity index (χ3n) is 4.40. The summed E-state index contributed by atoms with van der Waals surface area (Å²) in [7, 11) is 1.59. The third kappa shape index (κ3) is 4.17. The molecule has 6 heteroatoms. The molecule has 21 heavy (non-hydrogen) atoms. The van der Waals surface area contributed by atoms with Crippen LogP contribution < -0.4 is 5.32 Å². The zero-order valence-electron chi connectivity index (χ0n) is 13.2. The van der Waals surface area contributed by atoms with E-state index in [1.807, 2.05) is 0 Å². The maximum absolute atomic E-state index is 12.3. The Bertz CT molecular complexity index is 382. The number of ether oxygens (including phenoxy) is 1. The number of nitrogens with zero attached hydrogens (tertiary/aromatic N) is 2. The van der Waals surface area contributed by atoms with Crippen LogP contribution in [-0.2, 0) is 14.3 Å². The molecule has 1 atom stereocenters. The van der Waals surface area contributed by atoms with Crippen LogP contribution in [0.1, 0.15) is 32.6 Å². The van der Waals surface area contributed by atoms with Gasteiger partial charge in [0.2, 0.25) is 5.91 Å². The number of nitrogens with one attached hydrogen (secondary N) is 1. The monoisotopic (exact) mass is 297 g/mol. The minimum absolute atomic E-state index is 0.132. The molecule has 0 radical (unpaired) electrons. The molecular weight excluding hydrogens is 270 g/mol. The minimum atomic E-state index is -0.919. The summed E-state index contributed by atoms with van der Waals surface area (Å²) in [5.41, 5.74) is -0.919. The Labute approximate surface area is 126 Å². The van der Waals surface area contributed by atoms with E-state index in [4.69, 9.17) is 4.74 Å². The van der Waals surface area contributed by atoms with Crippen molar-refractivity contribution < 1.29 is 14.3 Å². The van der Waals surface area contributed by atoms with E-state index in [1.165, 1.54) is 25.9 Å². The van der Waals surface area contributed by atoms with Crippen molar-refractivity contribution in [2.45, 2.75) is 38.2 Å². The van der Waals surface area contributed by atoms with Crippen LogP contribution in [0, 0.1) is 0 Å². The van der Waals surface area contributed by atoms with E-state index >= 15 is 0 Å². The van der Waals surface area contributed by atoms with Crippen molar-refractivity contribution in [2.75, 3.05) is 46.4 Å². The van der Waals surface area contributed by atoms with Crippen LogP contribution in [0.25, 0.3) is 0 Å². The van der Waals surface area contributed by atoms with Crippen LogP contribution in [0.4, 0.5) is 0 Å². The van der Waals surface area contributed by atoms with Crippen molar-refractivity contribution in [1.82, 2.24) is 15.1 Å². The molecule has 6 nitrogen and oxygen atoms in total. The number of likely N-dealkylation sites (N-methyl/N-ethyl adjacent to an activating group) is 1. The highest BCUT2D eigenvalue weighted by Crippen LogP contribution is 2.19. The summed E-state index contributed by atoms with van der Waals surface area (Å²) < 4.78 is 5.57. The Hall–Kier alpha value is -1.14. The van der Waals surface area contributed by atoms with Crippen molar-refractivity contribution in [2.24, 2.45) is 0 Å². The molecule has 0 spiro atoms. The van der Waals surface area contributed by atoms with Crippen molar-refractivity contribution in [3.8, 4) is 0 Å². The second-order valence-electron chi connectivity index (χ2n) is 6.13. The second kappa shape index (κ2) is 7.22. The number of carbonyl (C=O) groups is 2. The molecule has 2 aliphatic heterocycles. The average molecular weight is 297 g/mol. The molecule has 120 valence electrons. The predicted octanol–water partition coefficient (Wildman–Crippen LogP) is 0.226. The lowest BCUT2D eigenvalue weighted by atomic mass is 10.0. The van der Waals surface area contributed by atoms with Gasteiger partial charge in [-0.2, -0.15) is 0 Å². The predicted molar refractivity (Wildman–Crippen MR) is 79.9 cm³/mol. The first-order valence-corrected chi connectivity index (χ1v) is 7.91. The van der Waals surface area contributed by atoms with Gasteiger partial charge in [0.1, 0.15) is 0 Å². The smallest absolute Gasteiger partial charge is 0.253 e. The van der Waals surface area contributed by atoms with Gasteiger partial charge in [0.15, 0.2) is 5.60 Å². The molecule has 0 aromatic heterocycles. The normalized spacial score (nSPS) is 26.9. The Morgan fingerprint density at radius 3 is 2.62 bits per heavy atom. The van der Waals surface area contributed by atoms with Crippen LogP contribution in [0.5, 0.6) is 0 Å². The van der Waals surface area contributed by atoms with E-state index in [-0.39, 0.29) is 11.8 Å². The summed E-state index contributed by atoms with van der Waals surface area (Å²) in [6.45, 7) is 6.42. The lowest BCUT2D eigenvalue weighted by Gasteiger charge is -2.39. The van der Waals surface area contributed by atoms with E-state index in [1.54, 1.807) is 18.9 Å². The number of amides is 2. The molecule has 2 saturated heterocycles. The molecule has 0 saturated carbocycles. The average Bonchev–Trinajstić information content (AvgIpc) is 2.99. The molecule has 2 aliphatic rings. The van der Waals surface area contributed by atoms with Crippen LogP contribution in [0.3, 0.4) is 0 Å². The number of likely N-dealkylation sites (tertiary alicyclic amines) is 1. The first-order chi connectivity index (χ1) is 10.0. The van der Waals surface area contributed by atoms with E-state index in [0.717, 1.165) is 13.0 Å². The maximum Gasteiger partial charge on any atom is 0.253 e. The van der Waals surface area contributed by atoms with Crippen molar-refractivity contribution in [3.63, 3.8) is 0 Å². The first kappa shape index (κ1) is 16.2. The van der Waals surface area contributed by atoms with Gasteiger partial charge in [-0.05, 0) is 45.8 Å². The maximum atomic E-state index is 12.3. The molecule has 1 N–H and O–H groups in total. The Balaban J connectivity index is 1.77. The molecule has 0 bridgehead atoms. The highest BCUT2D eigenvalue weighted by atomic mass is 16.5. The van der Waals surface area contributed by atoms with Crippen LogP contribution in [-0.4, -0.2) is 73.6 Å². The van der Waals surface area contributed by atoms with Gasteiger partial charge in [0.25, 0.3) is 5.91 Å². The highest BCUT2D eigenvalue weighted by molar-refractivity contribution is 5.86. The van der Waals surface area contributed by atoms with Gasteiger partial charge in [-0.3, -0.25) is 9.59 Å². The summed E-state index contributed by atoms with van der Waals surface area (Å²) in [4.78, 5) is 28.3. The zero-order valence-corrected chi connectivity index (χ0v) is 13.2. The molecule has 2 rings (SSSR count). The fraction of sp³-hybridized carbons (Fsp3) is 0.867. The number of morpholine rings is 1. The van der Waals surface area contributed by atoms with Crippen LogP contribution in [0.2, 0.25) is 0 Å². The van der Waals surface area contributed by atoms with Gasteiger partial charge in [-0.1, -0.05) is 0 Å². The summed E-state index contributed by atoms with van der Waals surface area (Å²) in [6, 6.07) is 0. The highest BCUT2D eigenvalue weighted by Gasteiger charge is 2.39. The second-order valence-corrected chi connectivity index (χ2v) is 6.13. The minimum Gasteiger partial charge on any atom is -0.362 e. The number of rotatable bonds is 5. The number of carbonyl (C=O) groups excluding carboxylic acids is 2. The summed E-state index contributed by atoms with van der Waals surface area (Å²) in [5.74, 6) is -0.0373. The lowest BCUT2D eigenvalue weighted by Crippen LogP contribution is -2.58. The fourth-order valence-electron chi connectivity index (χ4n) is 3.10. The molecule has 2 heterocycles. The van der Waals surface area contributed by atoms with Crippen LogP contribution >= 0.6 is 0 Å². The molecule has 2 fully saturated rings. The molecule has 0 unspecified atom stereocenters. The van der Waals surface area contributed by atoms with Crippen LogP contribution in [0.15, 0.2) is 0 Å². The summed E-state index contributed by atoms with van der Waals surface area (Å²) in [6.07, 6.45) is 4.01. The molecule has 0 aliphatic carbocycles. The zero-order chi connectivity index (χ0) is 15.3. The molecule has 2 amide bonds. The van der Waals surface area contributed by atoms with E-state index < -0.39 is 5.60 Å². The quantitative estimate of drug-likeness (QED) is 0.789. The largest absolute Gasteiger partial charge is 0.362 e. The molecule has 0 aromatic carbocycles. The summed E-state index contributed by atoms with van der Waals surface area (Å²) >= 11 is 0. The Kier molecular flexibility index (Phi) is 5.58. The van der Waals surface area contributed by atoms with E-state index in [9.17, 15) is 9.59 Å². The van der Waals surface area contributed by atoms with Crippen molar-refractivity contribution >= 4 is 11.8 Å².